The van der Waals surface area contributed by atoms with Crippen LogP contribution < -0.4 is 5.32 Å². The summed E-state index contributed by atoms with van der Waals surface area (Å²) < 4.78 is 6.58. The summed E-state index contributed by atoms with van der Waals surface area (Å²) in [5.41, 5.74) is 0.709. The Hall–Kier alpha value is -1.78. The molecule has 0 bridgehead atoms. The summed E-state index contributed by atoms with van der Waals surface area (Å²) >= 11 is 0. The molecule has 5 nitrogen and oxygen atoms in total. The summed E-state index contributed by atoms with van der Waals surface area (Å²) in [7, 11) is 3.19. The Morgan fingerprint density at radius 3 is 2.47 bits per heavy atom. The van der Waals surface area contributed by atoms with Crippen molar-refractivity contribution in [1.29, 1.82) is 0 Å². The van der Waals surface area contributed by atoms with Crippen LogP contribution in [0.15, 0.2) is 12.3 Å². The molecule has 0 atom stereocenters. The van der Waals surface area contributed by atoms with Gasteiger partial charge in [-0.15, -0.1) is 0 Å². The largest absolute Gasteiger partial charge is 0.468 e. The number of rotatable bonds is 3. The van der Waals surface area contributed by atoms with E-state index in [0.29, 0.717) is 5.69 Å². The van der Waals surface area contributed by atoms with Crippen LogP contribution in [0.1, 0.15) is 26.5 Å². The summed E-state index contributed by atoms with van der Waals surface area (Å²) in [6, 6.07) is 1.78. The number of anilines is 1. The van der Waals surface area contributed by atoms with Gasteiger partial charge < -0.3 is 14.6 Å². The number of carbonyl (C=O) groups excluding carboxylic acids is 2. The second kappa shape index (κ2) is 4.61. The molecule has 1 heterocycles. The highest BCUT2D eigenvalue weighted by molar-refractivity contribution is 5.89. The van der Waals surface area contributed by atoms with Crippen molar-refractivity contribution in [2.45, 2.75) is 26.2 Å². The predicted octanol–water partition coefficient (Wildman–Crippen LogP) is 1.43. The summed E-state index contributed by atoms with van der Waals surface area (Å²) in [4.78, 5) is 22.7. The minimum Gasteiger partial charge on any atom is -0.468 e. The van der Waals surface area contributed by atoms with E-state index in [0.717, 1.165) is 5.69 Å². The molecule has 1 aromatic heterocycles. The molecule has 0 spiro atoms. The first-order chi connectivity index (χ1) is 7.78. The third kappa shape index (κ3) is 2.67. The minimum atomic E-state index is -0.750. The molecular formula is C12H18N2O3. The standard InChI is InChI=1S/C12H18N2O3/c1-8(15)13-9-6-10(14(4)7-9)12(2,3)11(16)17-5/h6-7H,1-5H3,(H,13,15). The molecule has 1 rings (SSSR count). The lowest BCUT2D eigenvalue weighted by Crippen LogP contribution is -2.32. The molecule has 0 fully saturated rings. The van der Waals surface area contributed by atoms with Crippen molar-refractivity contribution in [3.63, 3.8) is 0 Å². The normalized spacial score (nSPS) is 11.1. The topological polar surface area (TPSA) is 60.3 Å². The zero-order valence-electron chi connectivity index (χ0n) is 10.8. The van der Waals surface area contributed by atoms with Crippen molar-refractivity contribution in [3.8, 4) is 0 Å². The Kier molecular flexibility index (Phi) is 3.60. The van der Waals surface area contributed by atoms with Gasteiger partial charge in [0.2, 0.25) is 5.91 Å². The van der Waals surface area contributed by atoms with Crippen molar-refractivity contribution in [2.24, 2.45) is 7.05 Å². The monoisotopic (exact) mass is 238 g/mol. The first-order valence-corrected chi connectivity index (χ1v) is 5.32. The fourth-order valence-electron chi connectivity index (χ4n) is 1.82. The number of carbonyl (C=O) groups is 2. The Morgan fingerprint density at radius 1 is 1.41 bits per heavy atom. The summed E-state index contributed by atoms with van der Waals surface area (Å²) in [5, 5.41) is 2.68. The summed E-state index contributed by atoms with van der Waals surface area (Å²) in [5.74, 6) is -0.453. The molecular weight excluding hydrogens is 220 g/mol. The molecule has 5 heteroatoms. The van der Waals surface area contributed by atoms with Crippen LogP contribution in [0.3, 0.4) is 0 Å². The number of methoxy groups -OCH3 is 1. The predicted molar refractivity (Wildman–Crippen MR) is 64.8 cm³/mol. The van der Waals surface area contributed by atoms with Crippen molar-refractivity contribution in [2.75, 3.05) is 12.4 Å². The number of amides is 1. The van der Waals surface area contributed by atoms with Gasteiger partial charge in [0, 0.05) is 25.9 Å². The van der Waals surface area contributed by atoms with Gasteiger partial charge in [0.05, 0.1) is 12.8 Å². The minimum absolute atomic E-state index is 0.141. The zero-order valence-corrected chi connectivity index (χ0v) is 10.8. The van der Waals surface area contributed by atoms with Gasteiger partial charge in [-0.1, -0.05) is 0 Å². The molecule has 0 saturated carbocycles. The van der Waals surface area contributed by atoms with Crippen LogP contribution >= 0.6 is 0 Å². The molecule has 1 aromatic rings. The summed E-state index contributed by atoms with van der Waals surface area (Å²) in [6.07, 6.45) is 1.77. The van der Waals surface area contributed by atoms with Gasteiger partial charge in [0.1, 0.15) is 5.41 Å². The smallest absolute Gasteiger partial charge is 0.317 e. The van der Waals surface area contributed by atoms with Gasteiger partial charge >= 0.3 is 5.97 Å². The molecule has 0 aliphatic heterocycles. The van der Waals surface area contributed by atoms with E-state index >= 15 is 0 Å². The van der Waals surface area contributed by atoms with E-state index in [-0.39, 0.29) is 11.9 Å². The van der Waals surface area contributed by atoms with Gasteiger partial charge in [0.25, 0.3) is 0 Å². The number of hydrogen-bond donors (Lipinski definition) is 1. The maximum atomic E-state index is 11.7. The first kappa shape index (κ1) is 13.3. The molecule has 0 aliphatic carbocycles. The van der Waals surface area contributed by atoms with Crippen LogP contribution in [-0.4, -0.2) is 23.6 Å². The van der Waals surface area contributed by atoms with Gasteiger partial charge in [-0.25, -0.2) is 0 Å². The van der Waals surface area contributed by atoms with Crippen LogP contribution in [0, 0.1) is 0 Å². The van der Waals surface area contributed by atoms with Crippen LogP contribution in [0.2, 0.25) is 0 Å². The maximum absolute atomic E-state index is 11.7. The zero-order chi connectivity index (χ0) is 13.2. The maximum Gasteiger partial charge on any atom is 0.317 e. The van der Waals surface area contributed by atoms with Crippen molar-refractivity contribution in [3.05, 3.63) is 18.0 Å². The van der Waals surface area contributed by atoms with Crippen LogP contribution in [0.5, 0.6) is 0 Å². The van der Waals surface area contributed by atoms with Crippen LogP contribution in [-0.2, 0) is 26.8 Å². The van der Waals surface area contributed by atoms with E-state index in [1.54, 1.807) is 26.1 Å². The van der Waals surface area contributed by atoms with E-state index in [2.05, 4.69) is 5.32 Å². The second-order valence-electron chi connectivity index (χ2n) is 4.52. The Bertz CT molecular complexity index is 447. The third-order valence-corrected chi connectivity index (χ3v) is 2.66. The summed E-state index contributed by atoms with van der Waals surface area (Å²) in [6.45, 7) is 5.01. The molecule has 1 amide bonds. The van der Waals surface area contributed by atoms with Crippen molar-refractivity contribution >= 4 is 17.6 Å². The van der Waals surface area contributed by atoms with Gasteiger partial charge in [-0.3, -0.25) is 9.59 Å². The molecule has 0 aromatic carbocycles. The highest BCUT2D eigenvalue weighted by Gasteiger charge is 2.33. The Balaban J connectivity index is 3.10. The van der Waals surface area contributed by atoms with Gasteiger partial charge in [0.15, 0.2) is 0 Å². The number of hydrogen-bond acceptors (Lipinski definition) is 3. The fraction of sp³-hybridized carbons (Fsp3) is 0.500. The van der Waals surface area contributed by atoms with E-state index in [9.17, 15) is 9.59 Å². The average molecular weight is 238 g/mol. The lowest BCUT2D eigenvalue weighted by Gasteiger charge is -2.22. The average Bonchev–Trinajstić information content (AvgIpc) is 2.57. The molecule has 17 heavy (non-hydrogen) atoms. The number of aromatic nitrogens is 1. The molecule has 1 N–H and O–H groups in total. The van der Waals surface area contributed by atoms with Gasteiger partial charge in [-0.05, 0) is 19.9 Å². The highest BCUT2D eigenvalue weighted by Crippen LogP contribution is 2.27. The molecule has 0 unspecified atom stereocenters. The SMILES string of the molecule is COC(=O)C(C)(C)c1cc(NC(C)=O)cn1C. The van der Waals surface area contributed by atoms with Crippen LogP contribution in [0.4, 0.5) is 5.69 Å². The van der Waals surface area contributed by atoms with Crippen molar-refractivity contribution < 1.29 is 14.3 Å². The number of aryl methyl sites for hydroxylation is 1. The number of nitrogens with one attached hydrogen (secondary N) is 1. The van der Waals surface area contributed by atoms with E-state index in [4.69, 9.17) is 4.74 Å². The van der Waals surface area contributed by atoms with Crippen LogP contribution in [0.25, 0.3) is 0 Å². The molecule has 94 valence electrons. The molecule has 0 aliphatic rings. The van der Waals surface area contributed by atoms with Gasteiger partial charge in [-0.2, -0.15) is 0 Å². The first-order valence-electron chi connectivity index (χ1n) is 5.32. The van der Waals surface area contributed by atoms with E-state index < -0.39 is 5.41 Å². The number of ether oxygens (including phenoxy) is 1. The Labute approximate surface area is 101 Å². The highest BCUT2D eigenvalue weighted by atomic mass is 16.5. The van der Waals surface area contributed by atoms with E-state index in [1.807, 2.05) is 11.6 Å². The lowest BCUT2D eigenvalue weighted by molar-refractivity contribution is -0.146. The quantitative estimate of drug-likeness (QED) is 0.810. The van der Waals surface area contributed by atoms with E-state index in [1.165, 1.54) is 14.0 Å². The molecule has 0 saturated heterocycles. The molecule has 0 radical (unpaired) electrons. The number of esters is 1. The van der Waals surface area contributed by atoms with Crippen molar-refractivity contribution in [1.82, 2.24) is 4.57 Å². The third-order valence-electron chi connectivity index (χ3n) is 2.66. The fourth-order valence-corrected chi connectivity index (χ4v) is 1.82. The second-order valence-corrected chi connectivity index (χ2v) is 4.52. The Morgan fingerprint density at radius 2 is 2.00 bits per heavy atom. The lowest BCUT2D eigenvalue weighted by atomic mass is 9.89. The number of nitrogens with zero attached hydrogens (tertiary/aromatic N) is 1.